The van der Waals surface area contributed by atoms with Gasteiger partial charge in [-0.15, -0.1) is 0 Å². The molecule has 14 heavy (non-hydrogen) atoms. The van der Waals surface area contributed by atoms with Gasteiger partial charge in [-0.1, -0.05) is 13.3 Å². The van der Waals surface area contributed by atoms with Crippen LogP contribution in [0.15, 0.2) is 12.5 Å². The number of ether oxygens (including phenoxy) is 1. The van der Waals surface area contributed by atoms with Crippen LogP contribution in [0.3, 0.4) is 0 Å². The summed E-state index contributed by atoms with van der Waals surface area (Å²) in [5, 5.41) is 0. The van der Waals surface area contributed by atoms with Crippen molar-refractivity contribution in [3.63, 3.8) is 0 Å². The zero-order valence-corrected chi connectivity index (χ0v) is 8.27. The summed E-state index contributed by atoms with van der Waals surface area (Å²) < 4.78 is 6.57. The van der Waals surface area contributed by atoms with Crippen LogP contribution in [0.5, 0.6) is 0 Å². The Bertz CT molecular complexity index is 296. The van der Waals surface area contributed by atoms with Gasteiger partial charge in [0.15, 0.2) is 0 Å². The Hall–Kier alpha value is -1.52. The third-order valence-electron chi connectivity index (χ3n) is 1.73. The van der Waals surface area contributed by atoms with Crippen molar-refractivity contribution in [3.8, 4) is 0 Å². The summed E-state index contributed by atoms with van der Waals surface area (Å²) in [6.07, 6.45) is 5.03. The van der Waals surface area contributed by atoms with Crippen LogP contribution >= 0.6 is 0 Å². The molecule has 0 aliphatic rings. The number of nitrogen functional groups attached to an aromatic ring is 1. The van der Waals surface area contributed by atoms with Crippen LogP contribution in [0.25, 0.3) is 0 Å². The highest BCUT2D eigenvalue weighted by Gasteiger charge is 2.03. The molecule has 0 aliphatic heterocycles. The molecule has 2 N–H and O–H groups in total. The Labute approximate surface area is 82.9 Å². The van der Waals surface area contributed by atoms with Gasteiger partial charge < -0.3 is 15.0 Å². The Morgan fingerprint density at radius 3 is 3.07 bits per heavy atom. The Kier molecular flexibility index (Phi) is 3.97. The van der Waals surface area contributed by atoms with E-state index in [9.17, 15) is 4.79 Å². The smallest absolute Gasteiger partial charge is 0.325 e. The molecule has 5 nitrogen and oxygen atoms in total. The fraction of sp³-hybridized carbons (Fsp3) is 0.556. The molecule has 0 unspecified atom stereocenters. The number of esters is 1. The lowest BCUT2D eigenvalue weighted by molar-refractivity contribution is -0.144. The third kappa shape index (κ3) is 3.47. The number of unbranched alkanes of at least 4 members (excludes halogenated alkanes) is 1. The predicted octanol–water partition coefficient (Wildman–Crippen LogP) is 0.809. The van der Waals surface area contributed by atoms with Crippen molar-refractivity contribution in [2.24, 2.45) is 0 Å². The molecule has 5 heteroatoms. The van der Waals surface area contributed by atoms with Gasteiger partial charge in [-0.3, -0.25) is 4.79 Å². The van der Waals surface area contributed by atoms with Gasteiger partial charge in [-0.2, -0.15) is 0 Å². The molecular weight excluding hydrogens is 182 g/mol. The number of aromatic nitrogens is 2. The monoisotopic (exact) mass is 197 g/mol. The van der Waals surface area contributed by atoms with E-state index in [-0.39, 0.29) is 12.5 Å². The first-order chi connectivity index (χ1) is 6.72. The van der Waals surface area contributed by atoms with E-state index in [4.69, 9.17) is 10.5 Å². The highest BCUT2D eigenvalue weighted by molar-refractivity contribution is 5.69. The number of rotatable bonds is 5. The van der Waals surface area contributed by atoms with E-state index in [0.717, 1.165) is 12.8 Å². The quantitative estimate of drug-likeness (QED) is 0.560. The van der Waals surface area contributed by atoms with Crippen LogP contribution in [0.2, 0.25) is 0 Å². The zero-order chi connectivity index (χ0) is 10.4. The summed E-state index contributed by atoms with van der Waals surface area (Å²) in [4.78, 5) is 15.0. The molecule has 0 bridgehead atoms. The SMILES string of the molecule is CCCCOC(=O)Cn1cnc(N)c1. The van der Waals surface area contributed by atoms with E-state index in [0.29, 0.717) is 12.4 Å². The van der Waals surface area contributed by atoms with Crippen molar-refractivity contribution in [2.75, 3.05) is 12.3 Å². The Morgan fingerprint density at radius 1 is 1.71 bits per heavy atom. The summed E-state index contributed by atoms with van der Waals surface area (Å²) >= 11 is 0. The van der Waals surface area contributed by atoms with Crippen LogP contribution in [0, 0.1) is 0 Å². The number of hydrogen-bond acceptors (Lipinski definition) is 4. The van der Waals surface area contributed by atoms with E-state index in [2.05, 4.69) is 4.98 Å². The number of nitrogens with zero attached hydrogens (tertiary/aromatic N) is 2. The number of anilines is 1. The Balaban J connectivity index is 2.27. The maximum absolute atomic E-state index is 11.2. The van der Waals surface area contributed by atoms with Crippen LogP contribution in [-0.2, 0) is 16.1 Å². The summed E-state index contributed by atoms with van der Waals surface area (Å²) in [5.74, 6) is 0.155. The average molecular weight is 197 g/mol. The largest absolute Gasteiger partial charge is 0.464 e. The maximum Gasteiger partial charge on any atom is 0.325 e. The predicted molar refractivity (Wildman–Crippen MR) is 52.5 cm³/mol. The normalized spacial score (nSPS) is 10.1. The van der Waals surface area contributed by atoms with Crippen LogP contribution in [0.4, 0.5) is 5.82 Å². The van der Waals surface area contributed by atoms with E-state index in [1.807, 2.05) is 6.92 Å². The molecule has 0 fully saturated rings. The van der Waals surface area contributed by atoms with Gasteiger partial charge in [-0.05, 0) is 6.42 Å². The van der Waals surface area contributed by atoms with Gasteiger partial charge in [0, 0.05) is 6.20 Å². The van der Waals surface area contributed by atoms with Crippen molar-refractivity contribution in [2.45, 2.75) is 26.3 Å². The standard InChI is InChI=1S/C9H15N3O2/c1-2-3-4-14-9(13)6-12-5-8(10)11-7-12/h5,7H,2-4,6,10H2,1H3. The molecule has 1 heterocycles. The summed E-state index contributed by atoms with van der Waals surface area (Å²) in [5.41, 5.74) is 5.39. The average Bonchev–Trinajstić information content (AvgIpc) is 2.52. The lowest BCUT2D eigenvalue weighted by atomic mass is 10.4. The second-order valence-corrected chi connectivity index (χ2v) is 3.04. The minimum Gasteiger partial charge on any atom is -0.464 e. The van der Waals surface area contributed by atoms with Crippen molar-refractivity contribution in [3.05, 3.63) is 12.5 Å². The van der Waals surface area contributed by atoms with Crippen molar-refractivity contribution in [1.29, 1.82) is 0 Å². The van der Waals surface area contributed by atoms with Crippen molar-refractivity contribution in [1.82, 2.24) is 9.55 Å². The number of imidazole rings is 1. The molecule has 78 valence electrons. The van der Waals surface area contributed by atoms with E-state index < -0.39 is 0 Å². The van der Waals surface area contributed by atoms with Crippen LogP contribution < -0.4 is 5.73 Å². The second kappa shape index (κ2) is 5.26. The van der Waals surface area contributed by atoms with E-state index >= 15 is 0 Å². The molecule has 1 aromatic rings. The first-order valence-corrected chi connectivity index (χ1v) is 4.65. The molecule has 0 amide bonds. The van der Waals surface area contributed by atoms with E-state index in [1.54, 1.807) is 10.8 Å². The number of nitrogens with two attached hydrogens (primary N) is 1. The van der Waals surface area contributed by atoms with E-state index in [1.165, 1.54) is 6.33 Å². The Morgan fingerprint density at radius 2 is 2.50 bits per heavy atom. The second-order valence-electron chi connectivity index (χ2n) is 3.04. The molecule has 0 aliphatic carbocycles. The zero-order valence-electron chi connectivity index (χ0n) is 8.27. The highest BCUT2D eigenvalue weighted by atomic mass is 16.5. The van der Waals surface area contributed by atoms with Gasteiger partial charge in [-0.25, -0.2) is 4.98 Å². The van der Waals surface area contributed by atoms with Crippen molar-refractivity contribution >= 4 is 11.8 Å². The summed E-state index contributed by atoms with van der Waals surface area (Å²) in [6.45, 7) is 2.71. The molecule has 0 spiro atoms. The number of hydrogen-bond donors (Lipinski definition) is 1. The van der Waals surface area contributed by atoms with Crippen LogP contribution in [-0.4, -0.2) is 22.1 Å². The van der Waals surface area contributed by atoms with Crippen LogP contribution in [0.1, 0.15) is 19.8 Å². The third-order valence-corrected chi connectivity index (χ3v) is 1.73. The first-order valence-electron chi connectivity index (χ1n) is 4.65. The summed E-state index contributed by atoms with van der Waals surface area (Å²) in [7, 11) is 0. The summed E-state index contributed by atoms with van der Waals surface area (Å²) in [6, 6.07) is 0. The lowest BCUT2D eigenvalue weighted by Gasteiger charge is -2.03. The number of carbonyl (C=O) groups is 1. The molecule has 0 radical (unpaired) electrons. The van der Waals surface area contributed by atoms with Gasteiger partial charge in [0.1, 0.15) is 12.4 Å². The molecular formula is C9H15N3O2. The maximum atomic E-state index is 11.2. The minimum atomic E-state index is -0.254. The molecule has 0 aromatic carbocycles. The van der Waals surface area contributed by atoms with Gasteiger partial charge in [0.25, 0.3) is 0 Å². The molecule has 1 rings (SSSR count). The minimum absolute atomic E-state index is 0.175. The van der Waals surface area contributed by atoms with Gasteiger partial charge in [0.2, 0.25) is 0 Å². The van der Waals surface area contributed by atoms with Gasteiger partial charge in [0.05, 0.1) is 12.9 Å². The molecule has 0 atom stereocenters. The lowest BCUT2D eigenvalue weighted by Crippen LogP contribution is -2.13. The van der Waals surface area contributed by atoms with Gasteiger partial charge >= 0.3 is 5.97 Å². The topological polar surface area (TPSA) is 70.1 Å². The van der Waals surface area contributed by atoms with Crippen molar-refractivity contribution < 1.29 is 9.53 Å². The first kappa shape index (κ1) is 10.6. The molecule has 0 saturated carbocycles. The molecule has 0 saturated heterocycles. The fourth-order valence-corrected chi connectivity index (χ4v) is 0.989. The highest BCUT2D eigenvalue weighted by Crippen LogP contribution is 1.97. The number of carbonyl (C=O) groups excluding carboxylic acids is 1. The molecule has 1 aromatic heterocycles. The fourth-order valence-electron chi connectivity index (χ4n) is 0.989.